The predicted molar refractivity (Wildman–Crippen MR) is 123 cm³/mol. The van der Waals surface area contributed by atoms with E-state index in [1.165, 1.54) is 12.8 Å². The van der Waals surface area contributed by atoms with Gasteiger partial charge < -0.3 is 15.5 Å². The second-order valence-electron chi connectivity index (χ2n) is 6.88. The van der Waals surface area contributed by atoms with E-state index in [0.29, 0.717) is 12.1 Å². The molecule has 1 amide bonds. The van der Waals surface area contributed by atoms with Crippen molar-refractivity contribution in [3.05, 3.63) is 35.4 Å². The Bertz CT molecular complexity index is 599. The zero-order valence-electron chi connectivity index (χ0n) is 17.0. The van der Waals surface area contributed by atoms with Gasteiger partial charge in [-0.3, -0.25) is 9.69 Å². The Morgan fingerprint density at radius 2 is 1.81 bits per heavy atom. The Labute approximate surface area is 180 Å². The number of guanidine groups is 1. The number of rotatable bonds is 9. The van der Waals surface area contributed by atoms with E-state index in [-0.39, 0.29) is 29.9 Å². The summed E-state index contributed by atoms with van der Waals surface area (Å²) >= 11 is 0. The maximum Gasteiger partial charge on any atom is 0.253 e. The highest BCUT2D eigenvalue weighted by atomic mass is 127. The van der Waals surface area contributed by atoms with Crippen LogP contribution in [0.3, 0.4) is 0 Å². The fraction of sp³-hybridized carbons (Fsp3) is 0.600. The summed E-state index contributed by atoms with van der Waals surface area (Å²) in [6.45, 7) is 8.77. The van der Waals surface area contributed by atoms with Gasteiger partial charge in [0, 0.05) is 45.3 Å². The molecule has 0 saturated heterocycles. The zero-order chi connectivity index (χ0) is 18.9. The molecule has 0 bridgehead atoms. The monoisotopic (exact) mass is 487 g/mol. The first-order chi connectivity index (χ1) is 12.5. The average Bonchev–Trinajstić information content (AvgIpc) is 3.48. The lowest BCUT2D eigenvalue weighted by Crippen LogP contribution is -2.42. The Hall–Kier alpha value is -1.35. The first kappa shape index (κ1) is 23.7. The fourth-order valence-electron chi connectivity index (χ4n) is 2.88. The summed E-state index contributed by atoms with van der Waals surface area (Å²) in [5.41, 5.74) is 1.79. The molecule has 152 valence electrons. The van der Waals surface area contributed by atoms with Crippen molar-refractivity contribution in [3.8, 4) is 0 Å². The van der Waals surface area contributed by atoms with E-state index in [1.54, 1.807) is 19.0 Å². The van der Waals surface area contributed by atoms with Gasteiger partial charge in [0.15, 0.2) is 5.96 Å². The number of hydrogen-bond acceptors (Lipinski definition) is 3. The molecular weight excluding hydrogens is 453 g/mol. The third-order valence-electron chi connectivity index (χ3n) is 4.53. The molecule has 1 fully saturated rings. The molecule has 0 aromatic heterocycles. The van der Waals surface area contributed by atoms with Crippen LogP contribution in [-0.4, -0.2) is 68.0 Å². The van der Waals surface area contributed by atoms with Crippen molar-refractivity contribution in [2.45, 2.75) is 39.3 Å². The molecule has 0 unspecified atom stereocenters. The van der Waals surface area contributed by atoms with Crippen LogP contribution in [0.5, 0.6) is 0 Å². The van der Waals surface area contributed by atoms with Gasteiger partial charge in [-0.15, -0.1) is 24.0 Å². The number of nitrogens with zero attached hydrogens (tertiary/aromatic N) is 3. The van der Waals surface area contributed by atoms with Gasteiger partial charge in [0.05, 0.1) is 6.54 Å². The van der Waals surface area contributed by atoms with Gasteiger partial charge in [0.25, 0.3) is 5.91 Å². The third-order valence-corrected chi connectivity index (χ3v) is 4.53. The number of likely N-dealkylation sites (N-methyl/N-ethyl adjacent to an activating group) is 1. The number of aliphatic imine (C=N–C) groups is 1. The quantitative estimate of drug-likeness (QED) is 0.320. The molecule has 0 spiro atoms. The van der Waals surface area contributed by atoms with Crippen molar-refractivity contribution in [2.75, 3.05) is 40.3 Å². The molecule has 0 aliphatic heterocycles. The molecule has 27 heavy (non-hydrogen) atoms. The van der Waals surface area contributed by atoms with Crippen LogP contribution in [0, 0.1) is 0 Å². The second kappa shape index (κ2) is 12.2. The molecule has 0 radical (unpaired) electrons. The van der Waals surface area contributed by atoms with Gasteiger partial charge >= 0.3 is 0 Å². The van der Waals surface area contributed by atoms with Crippen LogP contribution in [0.25, 0.3) is 0 Å². The first-order valence-corrected chi connectivity index (χ1v) is 9.62. The van der Waals surface area contributed by atoms with Crippen LogP contribution in [0.15, 0.2) is 29.3 Å². The molecule has 1 aromatic rings. The molecular formula is C20H34IN5O. The number of carbonyl (C=O) groups is 1. The van der Waals surface area contributed by atoms with Gasteiger partial charge in [-0.1, -0.05) is 19.1 Å². The SMILES string of the molecule is CCNC(=NCc1ccc(C(=O)N(C)C)cc1)NCCN(CC)C1CC1.I. The highest BCUT2D eigenvalue weighted by Crippen LogP contribution is 2.25. The van der Waals surface area contributed by atoms with E-state index in [0.717, 1.165) is 43.7 Å². The number of carbonyl (C=O) groups excluding carboxylic acids is 1. The summed E-state index contributed by atoms with van der Waals surface area (Å²) in [7, 11) is 3.52. The maximum atomic E-state index is 11.9. The van der Waals surface area contributed by atoms with Gasteiger partial charge in [0.1, 0.15) is 0 Å². The Kier molecular flexibility index (Phi) is 10.7. The topological polar surface area (TPSA) is 60.0 Å². The largest absolute Gasteiger partial charge is 0.357 e. The summed E-state index contributed by atoms with van der Waals surface area (Å²) in [4.78, 5) is 20.7. The molecule has 2 N–H and O–H groups in total. The van der Waals surface area contributed by atoms with E-state index in [9.17, 15) is 4.79 Å². The third kappa shape index (κ3) is 8.04. The zero-order valence-corrected chi connectivity index (χ0v) is 19.3. The van der Waals surface area contributed by atoms with Crippen molar-refractivity contribution in [2.24, 2.45) is 4.99 Å². The molecule has 1 aliphatic carbocycles. The Morgan fingerprint density at radius 3 is 2.33 bits per heavy atom. The van der Waals surface area contributed by atoms with Crippen molar-refractivity contribution in [3.63, 3.8) is 0 Å². The number of amides is 1. The van der Waals surface area contributed by atoms with E-state index >= 15 is 0 Å². The van der Waals surface area contributed by atoms with Crippen LogP contribution in [0.4, 0.5) is 0 Å². The molecule has 1 aromatic carbocycles. The molecule has 0 heterocycles. The molecule has 7 heteroatoms. The van der Waals surface area contributed by atoms with E-state index in [1.807, 2.05) is 24.3 Å². The fourth-order valence-corrected chi connectivity index (χ4v) is 2.88. The number of nitrogens with one attached hydrogen (secondary N) is 2. The number of hydrogen-bond donors (Lipinski definition) is 2. The molecule has 6 nitrogen and oxygen atoms in total. The minimum absolute atomic E-state index is 0. The van der Waals surface area contributed by atoms with Gasteiger partial charge in [-0.2, -0.15) is 0 Å². The Morgan fingerprint density at radius 1 is 1.15 bits per heavy atom. The minimum Gasteiger partial charge on any atom is -0.357 e. The van der Waals surface area contributed by atoms with E-state index in [4.69, 9.17) is 0 Å². The summed E-state index contributed by atoms with van der Waals surface area (Å²) in [6.07, 6.45) is 2.68. The van der Waals surface area contributed by atoms with E-state index in [2.05, 4.69) is 34.4 Å². The lowest BCUT2D eigenvalue weighted by atomic mass is 10.1. The second-order valence-corrected chi connectivity index (χ2v) is 6.88. The predicted octanol–water partition coefficient (Wildman–Crippen LogP) is 2.55. The normalized spacial score (nSPS) is 13.9. The van der Waals surface area contributed by atoms with Gasteiger partial charge in [0.2, 0.25) is 0 Å². The van der Waals surface area contributed by atoms with Gasteiger partial charge in [-0.25, -0.2) is 4.99 Å². The summed E-state index contributed by atoms with van der Waals surface area (Å²) < 4.78 is 0. The summed E-state index contributed by atoms with van der Waals surface area (Å²) in [5, 5.41) is 6.71. The van der Waals surface area contributed by atoms with Crippen molar-refractivity contribution < 1.29 is 4.79 Å². The first-order valence-electron chi connectivity index (χ1n) is 9.62. The molecule has 1 aliphatic rings. The molecule has 1 saturated carbocycles. The standard InChI is InChI=1S/C20H33N5O.HI/c1-5-21-20(22-13-14-25(6-2)18-11-12-18)23-15-16-7-9-17(10-8-16)19(26)24(3)4;/h7-10,18H,5-6,11-15H2,1-4H3,(H2,21,22,23);1H. The highest BCUT2D eigenvalue weighted by Gasteiger charge is 2.27. The van der Waals surface area contributed by atoms with Gasteiger partial charge in [-0.05, 0) is 44.0 Å². The summed E-state index contributed by atoms with van der Waals surface area (Å²) in [5.74, 6) is 0.860. The lowest BCUT2D eigenvalue weighted by Gasteiger charge is -2.20. The maximum absolute atomic E-state index is 11.9. The van der Waals surface area contributed by atoms with Crippen molar-refractivity contribution >= 4 is 35.8 Å². The Balaban J connectivity index is 0.00000364. The molecule has 2 rings (SSSR count). The van der Waals surface area contributed by atoms with Crippen LogP contribution >= 0.6 is 24.0 Å². The lowest BCUT2D eigenvalue weighted by molar-refractivity contribution is 0.0827. The average molecular weight is 487 g/mol. The van der Waals surface area contributed by atoms with Crippen molar-refractivity contribution in [1.29, 1.82) is 0 Å². The van der Waals surface area contributed by atoms with E-state index < -0.39 is 0 Å². The van der Waals surface area contributed by atoms with Crippen LogP contribution < -0.4 is 10.6 Å². The molecule has 0 atom stereocenters. The van der Waals surface area contributed by atoms with Crippen molar-refractivity contribution in [1.82, 2.24) is 20.4 Å². The van der Waals surface area contributed by atoms with Crippen LogP contribution in [0.1, 0.15) is 42.6 Å². The summed E-state index contributed by atoms with van der Waals surface area (Å²) in [6, 6.07) is 8.46. The minimum atomic E-state index is 0. The van der Waals surface area contributed by atoms with Crippen LogP contribution in [-0.2, 0) is 6.54 Å². The smallest absolute Gasteiger partial charge is 0.253 e. The number of halogens is 1. The number of benzene rings is 1. The van der Waals surface area contributed by atoms with Crippen LogP contribution in [0.2, 0.25) is 0 Å². The highest BCUT2D eigenvalue weighted by molar-refractivity contribution is 14.0.